The number of benzene rings is 3. The number of hydrogen-bond acceptors (Lipinski definition) is 3. The van der Waals surface area contributed by atoms with E-state index in [-0.39, 0.29) is 18.4 Å². The third-order valence-electron chi connectivity index (χ3n) is 6.05. The van der Waals surface area contributed by atoms with Crippen LogP contribution in [0.25, 0.3) is 0 Å². The SMILES string of the molecule is CCCCNC(=O)[C@H](Cc1ccccc1)N(Cc1ccccc1)C(=O)COc1ccc(CC)cc1Br. The molecule has 1 N–H and O–H groups in total. The zero-order valence-electron chi connectivity index (χ0n) is 21.1. The molecule has 0 saturated heterocycles. The van der Waals surface area contributed by atoms with Gasteiger partial charge in [0.2, 0.25) is 5.91 Å². The number of aryl methyl sites for hydroxylation is 1. The van der Waals surface area contributed by atoms with Crippen molar-refractivity contribution < 1.29 is 14.3 Å². The fourth-order valence-corrected chi connectivity index (χ4v) is 4.48. The van der Waals surface area contributed by atoms with E-state index < -0.39 is 6.04 Å². The van der Waals surface area contributed by atoms with E-state index in [4.69, 9.17) is 4.74 Å². The number of ether oxygens (including phenoxy) is 1. The van der Waals surface area contributed by atoms with Gasteiger partial charge >= 0.3 is 0 Å². The van der Waals surface area contributed by atoms with Crippen LogP contribution in [0.2, 0.25) is 0 Å². The van der Waals surface area contributed by atoms with E-state index in [1.807, 2.05) is 78.9 Å². The van der Waals surface area contributed by atoms with E-state index in [1.54, 1.807) is 4.90 Å². The van der Waals surface area contributed by atoms with Gasteiger partial charge in [-0.25, -0.2) is 0 Å². The zero-order chi connectivity index (χ0) is 25.8. The van der Waals surface area contributed by atoms with E-state index in [0.29, 0.717) is 25.3 Å². The van der Waals surface area contributed by atoms with Crippen molar-refractivity contribution >= 4 is 27.7 Å². The van der Waals surface area contributed by atoms with E-state index in [9.17, 15) is 9.59 Å². The summed E-state index contributed by atoms with van der Waals surface area (Å²) in [6.07, 6.45) is 3.21. The predicted octanol–water partition coefficient (Wildman–Crippen LogP) is 5.95. The first kappa shape index (κ1) is 27.5. The van der Waals surface area contributed by atoms with E-state index in [2.05, 4.69) is 35.1 Å². The zero-order valence-corrected chi connectivity index (χ0v) is 22.7. The average molecular weight is 552 g/mol. The number of carbonyl (C=O) groups is 2. The van der Waals surface area contributed by atoms with Gasteiger partial charge in [-0.2, -0.15) is 0 Å². The first-order valence-corrected chi connectivity index (χ1v) is 13.4. The van der Waals surface area contributed by atoms with Gasteiger partial charge in [0.25, 0.3) is 5.91 Å². The molecule has 6 heteroatoms. The molecule has 3 aromatic carbocycles. The number of hydrogen-bond donors (Lipinski definition) is 1. The summed E-state index contributed by atoms with van der Waals surface area (Å²) in [5.41, 5.74) is 3.13. The topological polar surface area (TPSA) is 58.6 Å². The highest BCUT2D eigenvalue weighted by Gasteiger charge is 2.30. The fourth-order valence-electron chi connectivity index (χ4n) is 3.94. The van der Waals surface area contributed by atoms with Gasteiger partial charge in [0.15, 0.2) is 6.61 Å². The van der Waals surface area contributed by atoms with Gasteiger partial charge < -0.3 is 15.0 Å². The molecule has 0 bridgehead atoms. The maximum absolute atomic E-state index is 13.6. The maximum Gasteiger partial charge on any atom is 0.261 e. The Hall–Kier alpha value is -3.12. The third-order valence-corrected chi connectivity index (χ3v) is 6.67. The Labute approximate surface area is 223 Å². The lowest BCUT2D eigenvalue weighted by Crippen LogP contribution is -2.51. The molecule has 3 rings (SSSR count). The van der Waals surface area contributed by atoms with Crippen molar-refractivity contribution in [2.45, 2.75) is 52.1 Å². The Morgan fingerprint density at radius 3 is 2.19 bits per heavy atom. The third kappa shape index (κ3) is 8.23. The summed E-state index contributed by atoms with van der Waals surface area (Å²) in [7, 11) is 0. The Morgan fingerprint density at radius 1 is 0.917 bits per heavy atom. The Bertz CT molecular complexity index is 1110. The van der Waals surface area contributed by atoms with Crippen molar-refractivity contribution in [3.05, 3.63) is 100 Å². The molecule has 0 spiro atoms. The van der Waals surface area contributed by atoms with Crippen LogP contribution in [0.4, 0.5) is 0 Å². The summed E-state index contributed by atoms with van der Waals surface area (Å²) in [5.74, 6) is 0.217. The minimum absolute atomic E-state index is 0.148. The second-order valence-electron chi connectivity index (χ2n) is 8.76. The molecule has 190 valence electrons. The van der Waals surface area contributed by atoms with Crippen LogP contribution in [0.1, 0.15) is 43.4 Å². The van der Waals surface area contributed by atoms with Crippen molar-refractivity contribution in [2.75, 3.05) is 13.2 Å². The van der Waals surface area contributed by atoms with Crippen molar-refractivity contribution in [1.82, 2.24) is 10.2 Å². The minimum atomic E-state index is -0.661. The summed E-state index contributed by atoms with van der Waals surface area (Å²) >= 11 is 3.55. The van der Waals surface area contributed by atoms with Crippen LogP contribution in [-0.4, -0.2) is 35.9 Å². The summed E-state index contributed by atoms with van der Waals surface area (Å²) in [4.78, 5) is 28.7. The maximum atomic E-state index is 13.6. The standard InChI is InChI=1S/C30H35BrN2O3/c1-3-5-18-32-30(35)27(20-24-12-8-6-9-13-24)33(21-25-14-10-7-11-15-25)29(34)22-36-28-17-16-23(4-2)19-26(28)31/h6-17,19,27H,3-5,18,20-22H2,1-2H3,(H,32,35)/t27-/m0/s1. The van der Waals surface area contributed by atoms with Crippen molar-refractivity contribution in [3.63, 3.8) is 0 Å². The summed E-state index contributed by atoms with van der Waals surface area (Å²) < 4.78 is 6.73. The van der Waals surface area contributed by atoms with Gasteiger partial charge in [0.05, 0.1) is 4.47 Å². The number of nitrogens with zero attached hydrogens (tertiary/aromatic N) is 1. The molecule has 0 aromatic heterocycles. The summed E-state index contributed by atoms with van der Waals surface area (Å²) in [6, 6.07) is 24.8. The van der Waals surface area contributed by atoms with Gasteiger partial charge in [-0.05, 0) is 57.6 Å². The van der Waals surface area contributed by atoms with Gasteiger partial charge in [-0.3, -0.25) is 9.59 Å². The van der Waals surface area contributed by atoms with E-state index >= 15 is 0 Å². The molecule has 2 amide bonds. The van der Waals surface area contributed by atoms with Gasteiger partial charge in [-0.15, -0.1) is 0 Å². The minimum Gasteiger partial charge on any atom is -0.483 e. The lowest BCUT2D eigenvalue weighted by Gasteiger charge is -2.31. The Morgan fingerprint density at radius 2 is 1.58 bits per heavy atom. The number of nitrogens with one attached hydrogen (secondary N) is 1. The van der Waals surface area contributed by atoms with Crippen molar-refractivity contribution in [1.29, 1.82) is 0 Å². The first-order valence-electron chi connectivity index (χ1n) is 12.6. The molecule has 5 nitrogen and oxygen atoms in total. The second kappa shape index (κ2) is 14.4. The molecule has 0 aliphatic carbocycles. The van der Waals surface area contributed by atoms with Crippen LogP contribution >= 0.6 is 15.9 Å². The molecule has 0 aliphatic heterocycles. The molecule has 0 unspecified atom stereocenters. The highest BCUT2D eigenvalue weighted by Crippen LogP contribution is 2.26. The molecule has 0 fully saturated rings. The van der Waals surface area contributed by atoms with Crippen LogP contribution in [0.15, 0.2) is 83.3 Å². The monoisotopic (exact) mass is 550 g/mol. The van der Waals surface area contributed by atoms with E-state index in [0.717, 1.165) is 34.9 Å². The number of unbranched alkanes of at least 4 members (excludes halogenated alkanes) is 1. The Balaban J connectivity index is 1.86. The fraction of sp³-hybridized carbons (Fsp3) is 0.333. The molecule has 0 heterocycles. The molecule has 0 aliphatic rings. The molecular weight excluding hydrogens is 516 g/mol. The number of halogens is 1. The Kier molecular flexibility index (Phi) is 11.0. The largest absolute Gasteiger partial charge is 0.483 e. The average Bonchev–Trinajstić information content (AvgIpc) is 2.91. The van der Waals surface area contributed by atoms with Crippen molar-refractivity contribution in [3.8, 4) is 5.75 Å². The quantitative estimate of drug-likeness (QED) is 0.267. The van der Waals surface area contributed by atoms with Crippen molar-refractivity contribution in [2.24, 2.45) is 0 Å². The smallest absolute Gasteiger partial charge is 0.261 e. The van der Waals surface area contributed by atoms with Gasteiger partial charge in [-0.1, -0.05) is 87.0 Å². The molecule has 0 saturated carbocycles. The van der Waals surface area contributed by atoms with Crippen LogP contribution in [0.5, 0.6) is 5.75 Å². The first-order chi connectivity index (χ1) is 17.5. The summed E-state index contributed by atoms with van der Waals surface area (Å²) in [6.45, 7) is 4.91. The molecule has 0 radical (unpaired) electrons. The van der Waals surface area contributed by atoms with Crippen LogP contribution < -0.4 is 10.1 Å². The molecule has 3 aromatic rings. The molecule has 1 atom stereocenters. The second-order valence-corrected chi connectivity index (χ2v) is 9.62. The van der Waals surface area contributed by atoms with Crippen LogP contribution in [-0.2, 0) is 29.0 Å². The summed E-state index contributed by atoms with van der Waals surface area (Å²) in [5, 5.41) is 3.04. The number of amides is 2. The van der Waals surface area contributed by atoms with E-state index in [1.165, 1.54) is 5.56 Å². The lowest BCUT2D eigenvalue weighted by molar-refractivity contribution is -0.142. The normalized spacial score (nSPS) is 11.5. The van der Waals surface area contributed by atoms with Gasteiger partial charge in [0.1, 0.15) is 11.8 Å². The number of carbonyl (C=O) groups excluding carboxylic acids is 2. The highest BCUT2D eigenvalue weighted by atomic mass is 79.9. The molecule has 36 heavy (non-hydrogen) atoms. The van der Waals surface area contributed by atoms with Crippen LogP contribution in [0.3, 0.4) is 0 Å². The van der Waals surface area contributed by atoms with Crippen LogP contribution in [0, 0.1) is 0 Å². The molecular formula is C30H35BrN2O3. The number of rotatable bonds is 13. The lowest BCUT2D eigenvalue weighted by atomic mass is 10.0. The van der Waals surface area contributed by atoms with Gasteiger partial charge in [0, 0.05) is 19.5 Å². The predicted molar refractivity (Wildman–Crippen MR) is 148 cm³/mol. The highest BCUT2D eigenvalue weighted by molar-refractivity contribution is 9.10.